The fourth-order valence-corrected chi connectivity index (χ4v) is 4.14. The van der Waals surface area contributed by atoms with Gasteiger partial charge in [0.15, 0.2) is 0 Å². The molecule has 0 amide bonds. The van der Waals surface area contributed by atoms with Crippen molar-refractivity contribution in [3.63, 3.8) is 0 Å². The third-order valence-electron chi connectivity index (χ3n) is 3.72. The van der Waals surface area contributed by atoms with Crippen LogP contribution in [0.4, 0.5) is 0 Å². The van der Waals surface area contributed by atoms with Crippen LogP contribution in [0.1, 0.15) is 17.2 Å². The lowest BCUT2D eigenvalue weighted by Gasteiger charge is -2.22. The summed E-state index contributed by atoms with van der Waals surface area (Å²) in [4.78, 5) is 2.33. The first-order chi connectivity index (χ1) is 11.4. The Labute approximate surface area is 146 Å². The van der Waals surface area contributed by atoms with Gasteiger partial charge in [0.05, 0.1) is 6.61 Å². The Hall–Kier alpha value is -1.36. The fourth-order valence-electron chi connectivity index (χ4n) is 2.54. The first-order valence-electron chi connectivity index (χ1n) is 7.84. The second-order valence-corrected chi connectivity index (χ2v) is 7.70. The molecule has 0 bridgehead atoms. The third-order valence-corrected chi connectivity index (χ3v) is 5.68. The minimum atomic E-state index is -0.00268. The van der Waals surface area contributed by atoms with E-state index in [1.807, 2.05) is 22.9 Å². The molecule has 4 heteroatoms. The maximum atomic E-state index is 6.27. The van der Waals surface area contributed by atoms with Gasteiger partial charge in [0.1, 0.15) is 6.10 Å². The standard InChI is InChI=1S/C19H21NOS2/c1-3-7-17(8-4-1)19(18-9-5-2-6-10-18)21-14-11-20-12-15-22-23-16-13-20/h1-10,12,15,19H,11,13-14,16H2. The summed E-state index contributed by atoms with van der Waals surface area (Å²) in [5, 5.41) is 2.16. The molecule has 1 aliphatic rings. The molecule has 0 spiro atoms. The molecule has 0 atom stereocenters. The van der Waals surface area contributed by atoms with Crippen LogP contribution in [0.3, 0.4) is 0 Å². The molecule has 1 aliphatic heterocycles. The van der Waals surface area contributed by atoms with Gasteiger partial charge in [-0.2, -0.15) is 0 Å². The van der Waals surface area contributed by atoms with E-state index < -0.39 is 0 Å². The van der Waals surface area contributed by atoms with Crippen LogP contribution in [0.15, 0.2) is 72.3 Å². The Morgan fingerprint density at radius 1 is 0.957 bits per heavy atom. The van der Waals surface area contributed by atoms with E-state index in [-0.39, 0.29) is 6.10 Å². The van der Waals surface area contributed by atoms with Gasteiger partial charge >= 0.3 is 0 Å². The van der Waals surface area contributed by atoms with E-state index in [0.717, 1.165) is 18.8 Å². The van der Waals surface area contributed by atoms with E-state index in [1.54, 1.807) is 10.8 Å². The summed E-state index contributed by atoms with van der Waals surface area (Å²) in [6, 6.07) is 20.9. The van der Waals surface area contributed by atoms with Crippen molar-refractivity contribution < 1.29 is 4.74 Å². The SMILES string of the molecule is C1=CN(CCOC(c2ccccc2)c2ccccc2)CCSS1. The molecule has 1 heterocycles. The molecule has 120 valence electrons. The first-order valence-corrected chi connectivity index (χ1v) is 10.2. The highest BCUT2D eigenvalue weighted by Crippen LogP contribution is 2.27. The minimum Gasteiger partial charge on any atom is -0.374 e. The first kappa shape index (κ1) is 16.5. The van der Waals surface area contributed by atoms with Crippen molar-refractivity contribution >= 4 is 21.6 Å². The van der Waals surface area contributed by atoms with Crippen LogP contribution in [0.2, 0.25) is 0 Å². The molecule has 0 saturated heterocycles. The summed E-state index contributed by atoms with van der Waals surface area (Å²) in [5.41, 5.74) is 2.41. The maximum absolute atomic E-state index is 6.27. The summed E-state index contributed by atoms with van der Waals surface area (Å²) in [6.07, 6.45) is 2.17. The number of hydrogen-bond acceptors (Lipinski definition) is 4. The predicted molar refractivity (Wildman–Crippen MR) is 101 cm³/mol. The highest BCUT2D eigenvalue weighted by molar-refractivity contribution is 8.77. The highest BCUT2D eigenvalue weighted by Gasteiger charge is 2.14. The van der Waals surface area contributed by atoms with E-state index in [2.05, 4.69) is 65.0 Å². The Kier molecular flexibility index (Phi) is 6.50. The molecule has 0 N–H and O–H groups in total. The van der Waals surface area contributed by atoms with Crippen molar-refractivity contribution in [2.24, 2.45) is 0 Å². The molecule has 0 saturated carbocycles. The molecule has 0 fully saturated rings. The van der Waals surface area contributed by atoms with Crippen LogP contribution in [0, 0.1) is 0 Å². The van der Waals surface area contributed by atoms with Gasteiger partial charge in [-0.3, -0.25) is 0 Å². The number of benzene rings is 2. The molecular weight excluding hydrogens is 322 g/mol. The average Bonchev–Trinajstić information content (AvgIpc) is 2.89. The van der Waals surface area contributed by atoms with Gasteiger partial charge in [0, 0.05) is 25.0 Å². The third kappa shape index (κ3) is 5.06. The fraction of sp³-hybridized carbons (Fsp3) is 0.263. The summed E-state index contributed by atoms with van der Waals surface area (Å²) >= 11 is 0. The van der Waals surface area contributed by atoms with Crippen LogP contribution in [0.5, 0.6) is 0 Å². The molecule has 0 unspecified atom stereocenters. The zero-order valence-electron chi connectivity index (χ0n) is 13.0. The Balaban J connectivity index is 1.65. The van der Waals surface area contributed by atoms with Crippen LogP contribution in [-0.2, 0) is 4.74 Å². The van der Waals surface area contributed by atoms with E-state index >= 15 is 0 Å². The smallest absolute Gasteiger partial charge is 0.108 e. The van der Waals surface area contributed by atoms with Crippen molar-refractivity contribution in [1.82, 2.24) is 4.90 Å². The molecule has 0 aromatic heterocycles. The van der Waals surface area contributed by atoms with E-state index in [4.69, 9.17) is 4.74 Å². The average molecular weight is 344 g/mol. The van der Waals surface area contributed by atoms with Gasteiger partial charge in [-0.1, -0.05) is 82.3 Å². The topological polar surface area (TPSA) is 12.5 Å². The van der Waals surface area contributed by atoms with Crippen molar-refractivity contribution in [3.8, 4) is 0 Å². The van der Waals surface area contributed by atoms with Crippen LogP contribution in [0.25, 0.3) is 0 Å². The van der Waals surface area contributed by atoms with Gasteiger partial charge in [0.25, 0.3) is 0 Å². The van der Waals surface area contributed by atoms with Gasteiger partial charge in [0.2, 0.25) is 0 Å². The number of nitrogens with zero attached hydrogens (tertiary/aromatic N) is 1. The Morgan fingerprint density at radius 2 is 1.61 bits per heavy atom. The zero-order valence-corrected chi connectivity index (χ0v) is 14.6. The van der Waals surface area contributed by atoms with Crippen molar-refractivity contribution in [2.75, 3.05) is 25.4 Å². The van der Waals surface area contributed by atoms with Crippen LogP contribution >= 0.6 is 21.6 Å². The number of ether oxygens (including phenoxy) is 1. The Morgan fingerprint density at radius 3 is 2.26 bits per heavy atom. The van der Waals surface area contributed by atoms with E-state index in [0.29, 0.717) is 6.61 Å². The van der Waals surface area contributed by atoms with E-state index in [9.17, 15) is 0 Å². The van der Waals surface area contributed by atoms with Gasteiger partial charge in [-0.25, -0.2) is 0 Å². The molecular formula is C19H21NOS2. The van der Waals surface area contributed by atoms with Crippen LogP contribution in [-0.4, -0.2) is 30.3 Å². The van der Waals surface area contributed by atoms with Crippen LogP contribution < -0.4 is 0 Å². The summed E-state index contributed by atoms with van der Waals surface area (Å²) in [7, 11) is 3.71. The normalized spacial score (nSPS) is 14.9. The van der Waals surface area contributed by atoms with Gasteiger partial charge < -0.3 is 9.64 Å². The quantitative estimate of drug-likeness (QED) is 0.687. The number of hydrogen-bond donors (Lipinski definition) is 0. The van der Waals surface area contributed by atoms with Gasteiger partial charge in [-0.15, -0.1) is 0 Å². The monoisotopic (exact) mass is 343 g/mol. The summed E-state index contributed by atoms with van der Waals surface area (Å²) in [6.45, 7) is 2.72. The van der Waals surface area contributed by atoms with Crippen molar-refractivity contribution in [2.45, 2.75) is 6.10 Å². The van der Waals surface area contributed by atoms with Crippen molar-refractivity contribution in [1.29, 1.82) is 0 Å². The molecule has 2 nitrogen and oxygen atoms in total. The lowest BCUT2D eigenvalue weighted by molar-refractivity contribution is 0.0689. The van der Waals surface area contributed by atoms with E-state index in [1.165, 1.54) is 11.1 Å². The second kappa shape index (κ2) is 9.06. The molecule has 2 aromatic carbocycles. The lowest BCUT2D eigenvalue weighted by Crippen LogP contribution is -2.25. The molecule has 2 aromatic rings. The molecule has 0 aliphatic carbocycles. The summed E-state index contributed by atoms with van der Waals surface area (Å²) < 4.78 is 6.27. The lowest BCUT2D eigenvalue weighted by atomic mass is 10.0. The second-order valence-electron chi connectivity index (χ2n) is 5.31. The summed E-state index contributed by atoms with van der Waals surface area (Å²) in [5.74, 6) is 1.15. The van der Waals surface area contributed by atoms with Gasteiger partial charge in [-0.05, 0) is 16.5 Å². The predicted octanol–water partition coefficient (Wildman–Crippen LogP) is 4.96. The molecule has 23 heavy (non-hydrogen) atoms. The zero-order chi connectivity index (χ0) is 15.7. The maximum Gasteiger partial charge on any atom is 0.108 e. The number of rotatable bonds is 6. The molecule has 3 rings (SSSR count). The van der Waals surface area contributed by atoms with Crippen molar-refractivity contribution in [3.05, 3.63) is 83.4 Å². The highest BCUT2D eigenvalue weighted by atomic mass is 33.1. The Bertz CT molecular complexity index is 564. The largest absolute Gasteiger partial charge is 0.374 e. The minimum absolute atomic E-state index is 0.00268. The molecule has 0 radical (unpaired) electrons.